The minimum Gasteiger partial charge on any atom is -0.493 e. The van der Waals surface area contributed by atoms with Crippen molar-refractivity contribution < 1.29 is 36.7 Å². The summed E-state index contributed by atoms with van der Waals surface area (Å²) in [7, 11) is -3.05. The highest BCUT2D eigenvalue weighted by molar-refractivity contribution is 7.90. The molecule has 15 nitrogen and oxygen atoms in total. The summed E-state index contributed by atoms with van der Waals surface area (Å²) in [5.41, 5.74) is -2.41. The Morgan fingerprint density at radius 1 is 1.07 bits per heavy atom. The van der Waals surface area contributed by atoms with Crippen molar-refractivity contribution in [3.8, 4) is 22.9 Å². The summed E-state index contributed by atoms with van der Waals surface area (Å²) in [6, 6.07) is 11.1. The molecule has 0 fully saturated rings. The lowest BCUT2D eigenvalue weighted by Crippen LogP contribution is -2.39. The number of non-ortho nitro benzene ring substituents is 1. The SMILES string of the molecule is COc1cc(-c2nnnn2S(=O)(=O)c2ccc([N+](=O)[O-])cc2)ccc1OCC(O)(Cn1cncn1)c1ccc(F)cc1F. The van der Waals surface area contributed by atoms with Gasteiger partial charge in [-0.05, 0) is 46.8 Å². The number of nitro groups is 1. The quantitative estimate of drug-likeness (QED) is 0.169. The molecule has 18 heteroatoms. The van der Waals surface area contributed by atoms with Gasteiger partial charge in [0.25, 0.3) is 15.7 Å². The number of halogens is 2. The lowest BCUT2D eigenvalue weighted by Gasteiger charge is -2.29. The molecule has 0 aliphatic heterocycles. The molecule has 1 atom stereocenters. The lowest BCUT2D eigenvalue weighted by molar-refractivity contribution is -0.384. The molecule has 5 rings (SSSR count). The van der Waals surface area contributed by atoms with Crippen LogP contribution in [0.2, 0.25) is 0 Å². The summed E-state index contributed by atoms with van der Waals surface area (Å²) in [5.74, 6) is -1.90. The van der Waals surface area contributed by atoms with E-state index in [1.165, 1.54) is 42.6 Å². The minimum atomic E-state index is -4.36. The first-order chi connectivity index (χ1) is 20.5. The smallest absolute Gasteiger partial charge is 0.286 e. The number of tetrazole rings is 1. The van der Waals surface area contributed by atoms with Gasteiger partial charge in [-0.25, -0.2) is 18.4 Å². The van der Waals surface area contributed by atoms with Gasteiger partial charge in [-0.1, -0.05) is 6.07 Å². The van der Waals surface area contributed by atoms with Crippen LogP contribution in [0, 0.1) is 21.7 Å². The Morgan fingerprint density at radius 2 is 1.84 bits per heavy atom. The first kappa shape index (κ1) is 29.1. The number of nitrogens with zero attached hydrogens (tertiary/aromatic N) is 8. The maximum Gasteiger partial charge on any atom is 0.286 e. The van der Waals surface area contributed by atoms with Crippen LogP contribution >= 0.6 is 0 Å². The van der Waals surface area contributed by atoms with Crippen LogP contribution in [0.25, 0.3) is 11.4 Å². The Morgan fingerprint density at radius 3 is 2.49 bits per heavy atom. The number of nitro benzene ring substituents is 1. The van der Waals surface area contributed by atoms with E-state index in [0.717, 1.165) is 36.4 Å². The Hall–Kier alpha value is -5.36. The first-order valence-electron chi connectivity index (χ1n) is 12.1. The van der Waals surface area contributed by atoms with Gasteiger partial charge in [-0.3, -0.25) is 10.1 Å². The number of hydrogen-bond acceptors (Lipinski definition) is 12. The van der Waals surface area contributed by atoms with Crippen molar-refractivity contribution in [2.24, 2.45) is 0 Å². The Kier molecular flexibility index (Phi) is 7.79. The molecule has 222 valence electrons. The fourth-order valence-electron chi connectivity index (χ4n) is 4.13. The average Bonchev–Trinajstić information content (AvgIpc) is 3.69. The van der Waals surface area contributed by atoms with E-state index in [1.54, 1.807) is 0 Å². The van der Waals surface area contributed by atoms with Crippen LogP contribution in [0.1, 0.15) is 5.56 Å². The molecule has 0 aliphatic rings. The predicted octanol–water partition coefficient (Wildman–Crippen LogP) is 2.33. The summed E-state index contributed by atoms with van der Waals surface area (Å²) in [6.07, 6.45) is 2.52. The van der Waals surface area contributed by atoms with Crippen molar-refractivity contribution in [3.63, 3.8) is 0 Å². The average molecular weight is 615 g/mol. The normalized spacial score (nSPS) is 12.9. The molecule has 2 heterocycles. The van der Waals surface area contributed by atoms with Crippen LogP contribution < -0.4 is 9.47 Å². The number of rotatable bonds is 11. The Bertz CT molecular complexity index is 1890. The second-order valence-electron chi connectivity index (χ2n) is 9.00. The van der Waals surface area contributed by atoms with Crippen LogP contribution in [0.4, 0.5) is 14.5 Å². The van der Waals surface area contributed by atoms with Gasteiger partial charge in [0.15, 0.2) is 17.3 Å². The fraction of sp³-hybridized carbons (Fsp3) is 0.160. The van der Waals surface area contributed by atoms with Crippen LogP contribution in [-0.2, 0) is 22.2 Å². The van der Waals surface area contributed by atoms with Gasteiger partial charge in [0.2, 0.25) is 0 Å². The number of methoxy groups -OCH3 is 1. The van der Waals surface area contributed by atoms with Gasteiger partial charge in [-0.2, -0.15) is 13.5 Å². The predicted molar refractivity (Wildman–Crippen MR) is 141 cm³/mol. The summed E-state index contributed by atoms with van der Waals surface area (Å²) >= 11 is 0. The molecule has 2 aromatic heterocycles. The number of benzene rings is 3. The molecule has 0 bridgehead atoms. The van der Waals surface area contributed by atoms with Crippen molar-refractivity contribution in [1.82, 2.24) is 34.4 Å². The van der Waals surface area contributed by atoms with Crippen LogP contribution in [-0.4, -0.2) is 66.5 Å². The van der Waals surface area contributed by atoms with Gasteiger partial charge < -0.3 is 14.6 Å². The third-order valence-electron chi connectivity index (χ3n) is 6.23. The molecular formula is C25H20F2N8O7S. The lowest BCUT2D eigenvalue weighted by atomic mass is 9.94. The molecule has 0 saturated carbocycles. The highest BCUT2D eigenvalue weighted by Gasteiger charge is 2.35. The highest BCUT2D eigenvalue weighted by Crippen LogP contribution is 2.35. The van der Waals surface area contributed by atoms with Crippen molar-refractivity contribution in [2.45, 2.75) is 17.0 Å². The first-order valence-corrected chi connectivity index (χ1v) is 13.6. The zero-order valence-electron chi connectivity index (χ0n) is 22.0. The molecule has 0 spiro atoms. The topological polar surface area (TPSA) is 190 Å². The van der Waals surface area contributed by atoms with Crippen molar-refractivity contribution in [1.29, 1.82) is 0 Å². The van der Waals surface area contributed by atoms with E-state index in [1.807, 2.05) is 0 Å². The molecule has 43 heavy (non-hydrogen) atoms. The third kappa shape index (κ3) is 5.86. The second-order valence-corrected chi connectivity index (χ2v) is 10.8. The van der Waals surface area contributed by atoms with Crippen molar-refractivity contribution >= 4 is 15.7 Å². The van der Waals surface area contributed by atoms with Gasteiger partial charge in [0.05, 0.1) is 23.5 Å². The second kappa shape index (κ2) is 11.5. The molecule has 3 aromatic carbocycles. The number of aliphatic hydroxyl groups is 1. The van der Waals surface area contributed by atoms with E-state index in [9.17, 15) is 32.4 Å². The van der Waals surface area contributed by atoms with Gasteiger partial charge in [0.1, 0.15) is 36.5 Å². The summed E-state index contributed by atoms with van der Waals surface area (Å²) in [6.45, 7) is -0.845. The molecular weight excluding hydrogens is 594 g/mol. The van der Waals surface area contributed by atoms with Gasteiger partial charge in [-0.15, -0.1) is 9.19 Å². The van der Waals surface area contributed by atoms with Crippen molar-refractivity contribution in [3.05, 3.63) is 101 Å². The summed E-state index contributed by atoms with van der Waals surface area (Å²) < 4.78 is 67.8. The molecule has 1 unspecified atom stereocenters. The number of ether oxygens (including phenoxy) is 2. The van der Waals surface area contributed by atoms with E-state index in [2.05, 4.69) is 25.6 Å². The van der Waals surface area contributed by atoms with Crippen LogP contribution in [0.15, 0.2) is 78.2 Å². The number of hydrogen-bond donors (Lipinski definition) is 1. The molecule has 0 saturated heterocycles. The Labute approximate surface area is 241 Å². The van der Waals surface area contributed by atoms with Crippen LogP contribution in [0.3, 0.4) is 0 Å². The molecule has 0 aliphatic carbocycles. The van der Waals surface area contributed by atoms with Gasteiger partial charge >= 0.3 is 0 Å². The number of aromatic nitrogens is 7. The summed E-state index contributed by atoms with van der Waals surface area (Å²) in [4.78, 5) is 13.8. The zero-order valence-corrected chi connectivity index (χ0v) is 22.8. The summed E-state index contributed by atoms with van der Waals surface area (Å²) in [5, 5.41) is 37.2. The van der Waals surface area contributed by atoms with E-state index in [0.29, 0.717) is 10.2 Å². The standard InChI is InChI=1S/C25H20F2N8O7S/c1-41-23-10-16(24-30-31-32-34(24)43(39,40)19-6-4-18(5-7-19)35(37)38)2-9-22(23)42-13-25(36,12-33-15-28-14-29-33)20-8-3-17(26)11-21(20)27/h2-11,14-15,36H,12-13H2,1H3. The molecule has 1 N–H and O–H groups in total. The van der Waals surface area contributed by atoms with E-state index in [-0.39, 0.29) is 45.6 Å². The maximum absolute atomic E-state index is 14.7. The van der Waals surface area contributed by atoms with Gasteiger partial charge in [0, 0.05) is 29.3 Å². The van der Waals surface area contributed by atoms with Crippen LogP contribution in [0.5, 0.6) is 11.5 Å². The van der Waals surface area contributed by atoms with E-state index < -0.39 is 38.8 Å². The Balaban J connectivity index is 1.44. The third-order valence-corrected chi connectivity index (χ3v) is 7.80. The van der Waals surface area contributed by atoms with E-state index in [4.69, 9.17) is 9.47 Å². The molecule has 0 amide bonds. The highest BCUT2D eigenvalue weighted by atomic mass is 32.2. The zero-order chi connectivity index (χ0) is 30.8. The maximum atomic E-state index is 14.7. The van der Waals surface area contributed by atoms with Crippen molar-refractivity contribution in [2.75, 3.05) is 13.7 Å². The largest absolute Gasteiger partial charge is 0.493 e. The fourth-order valence-corrected chi connectivity index (χ4v) is 5.31. The minimum absolute atomic E-state index is 0.0717. The molecule has 0 radical (unpaired) electrons. The molecule has 5 aromatic rings. The van der Waals surface area contributed by atoms with E-state index >= 15 is 0 Å². The monoisotopic (exact) mass is 614 g/mol.